The number of rotatable bonds is 9. The lowest BCUT2D eigenvalue weighted by Gasteiger charge is -2.48. The van der Waals surface area contributed by atoms with Crippen molar-refractivity contribution in [2.45, 2.75) is 44.8 Å². The first-order valence-electron chi connectivity index (χ1n) is 17.8. The Morgan fingerprint density at radius 3 is 1.73 bits per heavy atom. The summed E-state index contributed by atoms with van der Waals surface area (Å²) in [5.41, 5.74) is 6.63. The van der Waals surface area contributed by atoms with Gasteiger partial charge in [-0.25, -0.2) is 9.97 Å². The van der Waals surface area contributed by atoms with Crippen LogP contribution in [0.1, 0.15) is 37.3 Å². The van der Waals surface area contributed by atoms with Crippen LogP contribution in [0.2, 0.25) is 10.0 Å². The molecule has 1 N–H and O–H groups in total. The molecule has 270 valence electrons. The van der Waals surface area contributed by atoms with Crippen molar-refractivity contribution in [1.29, 1.82) is 0 Å². The van der Waals surface area contributed by atoms with Gasteiger partial charge in [-0.15, -0.1) is 0 Å². The normalized spacial score (nSPS) is 19.1. The number of nitrogens with zero attached hydrogens (tertiary/aromatic N) is 5. The predicted octanol–water partition coefficient (Wildman–Crippen LogP) is 6.32. The van der Waals surface area contributed by atoms with Crippen molar-refractivity contribution < 1.29 is 19.1 Å². The number of hydrogen-bond donors (Lipinski definition) is 1. The molecule has 0 radical (unpaired) electrons. The van der Waals surface area contributed by atoms with Crippen LogP contribution in [0.5, 0.6) is 11.8 Å². The number of carbonyl (C=O) groups is 2. The van der Waals surface area contributed by atoms with Crippen LogP contribution in [0.25, 0.3) is 33.6 Å². The number of nitrogens with one attached hydrogen (secondary N) is 1. The van der Waals surface area contributed by atoms with Gasteiger partial charge in [0.05, 0.1) is 41.2 Å². The van der Waals surface area contributed by atoms with E-state index in [-0.39, 0.29) is 22.8 Å². The summed E-state index contributed by atoms with van der Waals surface area (Å²) in [6, 6.07) is 19.8. The molecular weight excluding hydrogens is 699 g/mol. The van der Waals surface area contributed by atoms with Crippen LogP contribution < -0.4 is 14.8 Å². The molecule has 12 heteroatoms. The van der Waals surface area contributed by atoms with E-state index in [0.717, 1.165) is 92.0 Å². The molecule has 0 atom stereocenters. The zero-order valence-corrected chi connectivity index (χ0v) is 31.2. The van der Waals surface area contributed by atoms with Gasteiger partial charge in [0.15, 0.2) is 0 Å². The summed E-state index contributed by atoms with van der Waals surface area (Å²) in [5, 5.41) is 4.21. The quantitative estimate of drug-likeness (QED) is 0.213. The number of benzene rings is 2. The molecule has 0 saturated carbocycles. The van der Waals surface area contributed by atoms with Crippen molar-refractivity contribution in [2.24, 2.45) is 5.41 Å². The highest BCUT2D eigenvalue weighted by atomic mass is 35.5. The Balaban J connectivity index is 0.996. The monoisotopic (exact) mass is 740 g/mol. The molecule has 10 nitrogen and oxygen atoms in total. The Hall–Kier alpha value is -4.22. The largest absolute Gasteiger partial charge is 0.481 e. The Morgan fingerprint density at radius 2 is 1.27 bits per heavy atom. The van der Waals surface area contributed by atoms with Gasteiger partial charge < -0.3 is 19.7 Å². The summed E-state index contributed by atoms with van der Waals surface area (Å²) in [5.74, 6) is 1.42. The maximum Gasteiger partial charge on any atom is 0.220 e. The van der Waals surface area contributed by atoms with E-state index in [9.17, 15) is 9.59 Å². The number of ether oxygens (including phenoxy) is 2. The van der Waals surface area contributed by atoms with Crippen molar-refractivity contribution >= 4 is 35.0 Å². The Kier molecular flexibility index (Phi) is 9.14. The van der Waals surface area contributed by atoms with Gasteiger partial charge in [0, 0.05) is 104 Å². The van der Waals surface area contributed by atoms with Gasteiger partial charge in [-0.05, 0) is 25.0 Å². The maximum atomic E-state index is 11.9. The molecule has 6 heterocycles. The number of likely N-dealkylation sites (tertiary alicyclic amines) is 3. The van der Waals surface area contributed by atoms with Gasteiger partial charge in [0.2, 0.25) is 23.6 Å². The van der Waals surface area contributed by atoms with Gasteiger partial charge in [-0.1, -0.05) is 71.7 Å². The lowest BCUT2D eigenvalue weighted by Crippen LogP contribution is -2.66. The molecule has 2 aromatic heterocycles. The highest BCUT2D eigenvalue weighted by Crippen LogP contribution is 2.44. The van der Waals surface area contributed by atoms with E-state index in [0.29, 0.717) is 46.2 Å². The minimum atomic E-state index is -0.0783. The zero-order chi connectivity index (χ0) is 36.2. The van der Waals surface area contributed by atoms with Crippen molar-refractivity contribution in [3.05, 3.63) is 81.8 Å². The lowest BCUT2D eigenvalue weighted by molar-refractivity contribution is -0.129. The molecule has 0 bridgehead atoms. The van der Waals surface area contributed by atoms with Crippen LogP contribution >= 0.6 is 23.2 Å². The standard InChI is InChI=1S/C40H42Cl2N6O4/c1-25(49)48-17-16-39(22-48)20-46(21-39)18-26-10-12-32(43-37(26)51-2)30-8-4-6-28(35(30)41)29-7-5-9-31(36(29)42)33-13-11-27(38(44-33)52-3)19-47-23-40(24-47)15-14-34(50)45-40/h4-13H,14-24H2,1-3H3,(H,45,50). The summed E-state index contributed by atoms with van der Waals surface area (Å²) in [6.07, 6.45) is 2.55. The third kappa shape index (κ3) is 6.40. The molecule has 8 rings (SSSR count). The number of methoxy groups -OCH3 is 2. The fraction of sp³-hybridized carbons (Fsp3) is 0.400. The molecular formula is C40H42Cl2N6O4. The van der Waals surface area contributed by atoms with Gasteiger partial charge >= 0.3 is 0 Å². The van der Waals surface area contributed by atoms with E-state index in [2.05, 4.69) is 21.2 Å². The topological polar surface area (TPSA) is 100 Å². The van der Waals surface area contributed by atoms with Crippen LogP contribution in [0.15, 0.2) is 60.7 Å². The van der Waals surface area contributed by atoms with Crippen LogP contribution in [-0.2, 0) is 22.7 Å². The van der Waals surface area contributed by atoms with E-state index < -0.39 is 0 Å². The second-order valence-corrected chi connectivity index (χ2v) is 15.6. The first-order valence-corrected chi connectivity index (χ1v) is 18.5. The minimum Gasteiger partial charge on any atom is -0.481 e. The summed E-state index contributed by atoms with van der Waals surface area (Å²) in [4.78, 5) is 40.0. The Labute approximate surface area is 314 Å². The molecule has 4 saturated heterocycles. The second kappa shape index (κ2) is 13.6. The third-order valence-electron chi connectivity index (χ3n) is 11.2. The van der Waals surface area contributed by atoms with Crippen molar-refractivity contribution in [1.82, 2.24) is 30.0 Å². The first kappa shape index (κ1) is 34.8. The molecule has 0 aliphatic carbocycles. The molecule has 0 unspecified atom stereocenters. The molecule has 2 aromatic carbocycles. The summed E-state index contributed by atoms with van der Waals surface area (Å²) < 4.78 is 11.5. The highest BCUT2D eigenvalue weighted by Gasteiger charge is 2.48. The second-order valence-electron chi connectivity index (χ2n) is 14.9. The van der Waals surface area contributed by atoms with E-state index in [1.807, 2.05) is 59.5 Å². The molecule has 4 aliphatic heterocycles. The number of halogens is 2. The number of amides is 2. The molecule has 2 spiro atoms. The molecule has 4 fully saturated rings. The number of aromatic nitrogens is 2. The molecule has 2 amide bonds. The number of pyridine rings is 2. The average molecular weight is 742 g/mol. The van der Waals surface area contributed by atoms with Crippen molar-refractivity contribution in [3.8, 4) is 45.4 Å². The fourth-order valence-corrected chi connectivity index (χ4v) is 9.25. The van der Waals surface area contributed by atoms with Gasteiger partial charge in [-0.2, -0.15) is 0 Å². The van der Waals surface area contributed by atoms with Crippen molar-refractivity contribution in [3.63, 3.8) is 0 Å². The number of hydrogen-bond acceptors (Lipinski definition) is 8. The third-order valence-corrected chi connectivity index (χ3v) is 12.0. The van der Waals surface area contributed by atoms with Crippen LogP contribution in [0.4, 0.5) is 0 Å². The number of carbonyl (C=O) groups excluding carboxylic acids is 2. The van der Waals surface area contributed by atoms with Gasteiger partial charge in [0.25, 0.3) is 0 Å². The van der Waals surface area contributed by atoms with E-state index in [1.165, 1.54) is 0 Å². The smallest absolute Gasteiger partial charge is 0.220 e. The summed E-state index contributed by atoms with van der Waals surface area (Å²) >= 11 is 14.3. The Bertz CT molecular complexity index is 2060. The van der Waals surface area contributed by atoms with E-state index >= 15 is 0 Å². The average Bonchev–Trinajstić information content (AvgIpc) is 3.74. The van der Waals surface area contributed by atoms with Crippen LogP contribution in [0.3, 0.4) is 0 Å². The highest BCUT2D eigenvalue weighted by molar-refractivity contribution is 6.39. The first-order chi connectivity index (χ1) is 25.1. The van der Waals surface area contributed by atoms with E-state index in [1.54, 1.807) is 21.1 Å². The zero-order valence-electron chi connectivity index (χ0n) is 29.7. The van der Waals surface area contributed by atoms with Gasteiger partial charge in [-0.3, -0.25) is 19.4 Å². The SMILES string of the molecule is COc1nc(-c2cccc(-c3cccc(-c4ccc(CN5CC6(CCC(=O)N6)C5)c(OC)n4)c3Cl)c2Cl)ccc1CN1CC2(CCN(C(C)=O)C2)C1. The Morgan fingerprint density at radius 1 is 0.750 bits per heavy atom. The summed E-state index contributed by atoms with van der Waals surface area (Å²) in [7, 11) is 3.27. The fourth-order valence-electron chi connectivity index (χ4n) is 8.60. The van der Waals surface area contributed by atoms with Crippen molar-refractivity contribution in [2.75, 3.05) is 53.5 Å². The molecule has 4 aliphatic rings. The molecule has 52 heavy (non-hydrogen) atoms. The lowest BCUT2D eigenvalue weighted by atomic mass is 9.79. The summed E-state index contributed by atoms with van der Waals surface area (Å²) in [6.45, 7) is 8.33. The minimum absolute atomic E-state index is 0.0783. The maximum absolute atomic E-state index is 11.9. The van der Waals surface area contributed by atoms with Crippen LogP contribution in [-0.4, -0.2) is 95.5 Å². The van der Waals surface area contributed by atoms with Crippen LogP contribution in [0, 0.1) is 5.41 Å². The molecule has 4 aromatic rings. The predicted molar refractivity (Wildman–Crippen MR) is 201 cm³/mol. The van der Waals surface area contributed by atoms with E-state index in [4.69, 9.17) is 42.6 Å². The van der Waals surface area contributed by atoms with Gasteiger partial charge in [0.1, 0.15) is 0 Å².